The summed E-state index contributed by atoms with van der Waals surface area (Å²) in [6, 6.07) is 2.20. The molecule has 3 heteroatoms. The Morgan fingerprint density at radius 3 is 2.50 bits per heavy atom. The molecule has 0 aliphatic heterocycles. The first-order chi connectivity index (χ1) is 6.58. The average molecular weight is 199 g/mol. The van der Waals surface area contributed by atoms with Crippen LogP contribution in [0.2, 0.25) is 0 Å². The topological polar surface area (TPSA) is 42.2 Å². The number of unbranched alkanes of at least 4 members (excludes halogenated alkanes) is 1. The van der Waals surface area contributed by atoms with Crippen molar-refractivity contribution < 1.29 is 9.47 Å². The number of nitrogens with zero attached hydrogens (tertiary/aromatic N) is 1. The molecule has 0 aliphatic rings. The highest BCUT2D eigenvalue weighted by atomic mass is 16.7. The Hall–Kier alpha value is -0.590. The number of hydrogen-bond donors (Lipinski definition) is 0. The van der Waals surface area contributed by atoms with E-state index in [1.54, 1.807) is 0 Å². The molecule has 0 aliphatic carbocycles. The fourth-order valence-corrected chi connectivity index (χ4v) is 1.29. The van der Waals surface area contributed by atoms with Crippen molar-refractivity contribution in [3.63, 3.8) is 0 Å². The van der Waals surface area contributed by atoms with Gasteiger partial charge in [-0.3, -0.25) is 0 Å². The molecule has 0 saturated heterocycles. The Labute approximate surface area is 87.0 Å². The van der Waals surface area contributed by atoms with Gasteiger partial charge in [-0.1, -0.05) is 13.3 Å². The molecule has 3 nitrogen and oxygen atoms in total. The summed E-state index contributed by atoms with van der Waals surface area (Å²) in [5.41, 5.74) is -0.704. The molecule has 82 valence electrons. The van der Waals surface area contributed by atoms with Crippen molar-refractivity contribution >= 4 is 0 Å². The molecule has 14 heavy (non-hydrogen) atoms. The lowest BCUT2D eigenvalue weighted by Crippen LogP contribution is -2.32. The second kappa shape index (κ2) is 6.80. The minimum atomic E-state index is -0.704. The SMILES string of the molecule is CCCCC(C)(C#N)OC(C)OCC. The molecule has 0 aromatic carbocycles. The van der Waals surface area contributed by atoms with Crippen LogP contribution in [0, 0.1) is 11.3 Å². The summed E-state index contributed by atoms with van der Waals surface area (Å²) < 4.78 is 10.8. The van der Waals surface area contributed by atoms with E-state index in [2.05, 4.69) is 13.0 Å². The van der Waals surface area contributed by atoms with Crippen LogP contribution in [0.3, 0.4) is 0 Å². The molecule has 0 aromatic rings. The Balaban J connectivity index is 4.05. The van der Waals surface area contributed by atoms with Crippen LogP contribution in [0.5, 0.6) is 0 Å². The average Bonchev–Trinajstić information content (AvgIpc) is 2.15. The largest absolute Gasteiger partial charge is 0.353 e. The zero-order chi connectivity index (χ0) is 11.0. The van der Waals surface area contributed by atoms with E-state index in [1.807, 2.05) is 20.8 Å². The highest BCUT2D eigenvalue weighted by molar-refractivity contribution is 4.98. The van der Waals surface area contributed by atoms with Crippen LogP contribution < -0.4 is 0 Å². The molecule has 0 rings (SSSR count). The van der Waals surface area contributed by atoms with Gasteiger partial charge >= 0.3 is 0 Å². The Morgan fingerprint density at radius 1 is 1.43 bits per heavy atom. The van der Waals surface area contributed by atoms with Crippen molar-refractivity contribution in [2.45, 2.75) is 58.8 Å². The minimum absolute atomic E-state index is 0.304. The summed E-state index contributed by atoms with van der Waals surface area (Å²) >= 11 is 0. The van der Waals surface area contributed by atoms with Crippen molar-refractivity contribution in [3.8, 4) is 6.07 Å². The maximum absolute atomic E-state index is 9.00. The van der Waals surface area contributed by atoms with E-state index in [0.29, 0.717) is 6.61 Å². The van der Waals surface area contributed by atoms with Gasteiger partial charge in [0.25, 0.3) is 0 Å². The molecule has 0 saturated carbocycles. The smallest absolute Gasteiger partial charge is 0.156 e. The molecule has 0 spiro atoms. The molecule has 0 N–H and O–H groups in total. The molecular formula is C11H21NO2. The van der Waals surface area contributed by atoms with Crippen molar-refractivity contribution in [3.05, 3.63) is 0 Å². The highest BCUT2D eigenvalue weighted by Gasteiger charge is 2.26. The predicted octanol–water partition coefficient (Wildman–Crippen LogP) is 2.86. The van der Waals surface area contributed by atoms with Crippen molar-refractivity contribution in [1.29, 1.82) is 5.26 Å². The lowest BCUT2D eigenvalue weighted by atomic mass is 10.0. The zero-order valence-corrected chi connectivity index (χ0v) is 9.67. The summed E-state index contributed by atoms with van der Waals surface area (Å²) in [7, 11) is 0. The summed E-state index contributed by atoms with van der Waals surface area (Å²) in [6.45, 7) is 8.26. The van der Waals surface area contributed by atoms with Gasteiger partial charge in [0, 0.05) is 6.61 Å². The molecule has 0 heterocycles. The summed E-state index contributed by atoms with van der Waals surface area (Å²) in [4.78, 5) is 0. The summed E-state index contributed by atoms with van der Waals surface area (Å²) in [5.74, 6) is 0. The van der Waals surface area contributed by atoms with Gasteiger partial charge in [-0.25, -0.2) is 0 Å². The summed E-state index contributed by atoms with van der Waals surface area (Å²) in [5, 5.41) is 9.00. The zero-order valence-electron chi connectivity index (χ0n) is 9.67. The Kier molecular flexibility index (Phi) is 6.52. The first-order valence-electron chi connectivity index (χ1n) is 5.28. The first-order valence-corrected chi connectivity index (χ1v) is 5.28. The van der Waals surface area contributed by atoms with Crippen LogP contribution in [-0.2, 0) is 9.47 Å². The number of rotatable bonds is 7. The van der Waals surface area contributed by atoms with Crippen molar-refractivity contribution in [2.75, 3.05) is 6.61 Å². The van der Waals surface area contributed by atoms with Crippen LogP contribution in [0.1, 0.15) is 47.0 Å². The molecule has 2 atom stereocenters. The third-order valence-electron chi connectivity index (χ3n) is 2.07. The van der Waals surface area contributed by atoms with E-state index in [-0.39, 0.29) is 6.29 Å². The number of hydrogen-bond acceptors (Lipinski definition) is 3. The van der Waals surface area contributed by atoms with Gasteiger partial charge in [-0.2, -0.15) is 5.26 Å². The van der Waals surface area contributed by atoms with Crippen LogP contribution in [0.15, 0.2) is 0 Å². The standard InChI is InChI=1S/C11H21NO2/c1-5-7-8-11(4,9-12)14-10(3)13-6-2/h10H,5-8H2,1-4H3. The van der Waals surface area contributed by atoms with Gasteiger partial charge in [-0.05, 0) is 33.6 Å². The van der Waals surface area contributed by atoms with E-state index in [9.17, 15) is 0 Å². The second-order valence-electron chi connectivity index (χ2n) is 3.59. The molecule has 2 unspecified atom stereocenters. The van der Waals surface area contributed by atoms with Crippen LogP contribution in [0.4, 0.5) is 0 Å². The molecular weight excluding hydrogens is 178 g/mol. The molecule has 0 radical (unpaired) electrons. The van der Waals surface area contributed by atoms with E-state index >= 15 is 0 Å². The molecule has 0 bridgehead atoms. The number of ether oxygens (including phenoxy) is 2. The second-order valence-corrected chi connectivity index (χ2v) is 3.59. The van der Waals surface area contributed by atoms with E-state index in [1.165, 1.54) is 0 Å². The van der Waals surface area contributed by atoms with Crippen LogP contribution in [0.25, 0.3) is 0 Å². The van der Waals surface area contributed by atoms with Gasteiger partial charge < -0.3 is 9.47 Å². The quantitative estimate of drug-likeness (QED) is 0.592. The van der Waals surface area contributed by atoms with Crippen molar-refractivity contribution in [2.24, 2.45) is 0 Å². The van der Waals surface area contributed by atoms with Crippen LogP contribution >= 0.6 is 0 Å². The predicted molar refractivity (Wildman–Crippen MR) is 55.7 cm³/mol. The van der Waals surface area contributed by atoms with Crippen molar-refractivity contribution in [1.82, 2.24) is 0 Å². The monoisotopic (exact) mass is 199 g/mol. The number of nitriles is 1. The molecule has 0 fully saturated rings. The molecule has 0 amide bonds. The highest BCUT2D eigenvalue weighted by Crippen LogP contribution is 2.20. The van der Waals surface area contributed by atoms with Crippen LogP contribution in [-0.4, -0.2) is 18.5 Å². The normalized spacial score (nSPS) is 17.1. The molecule has 0 aromatic heterocycles. The van der Waals surface area contributed by atoms with E-state index in [4.69, 9.17) is 14.7 Å². The first kappa shape index (κ1) is 13.4. The van der Waals surface area contributed by atoms with E-state index < -0.39 is 5.60 Å². The van der Waals surface area contributed by atoms with Gasteiger partial charge in [-0.15, -0.1) is 0 Å². The third-order valence-corrected chi connectivity index (χ3v) is 2.07. The van der Waals surface area contributed by atoms with Gasteiger partial charge in [0.2, 0.25) is 0 Å². The lowest BCUT2D eigenvalue weighted by Gasteiger charge is -2.26. The lowest BCUT2D eigenvalue weighted by molar-refractivity contribution is -0.178. The van der Waals surface area contributed by atoms with Gasteiger partial charge in [0.05, 0.1) is 6.07 Å². The fourth-order valence-electron chi connectivity index (χ4n) is 1.29. The van der Waals surface area contributed by atoms with E-state index in [0.717, 1.165) is 19.3 Å². The Bertz CT molecular complexity index is 188. The minimum Gasteiger partial charge on any atom is -0.353 e. The third kappa shape index (κ3) is 5.21. The fraction of sp³-hybridized carbons (Fsp3) is 0.909. The van der Waals surface area contributed by atoms with Gasteiger partial charge in [0.15, 0.2) is 11.9 Å². The Morgan fingerprint density at radius 2 is 2.07 bits per heavy atom. The maximum Gasteiger partial charge on any atom is 0.156 e. The maximum atomic E-state index is 9.00. The summed E-state index contributed by atoms with van der Waals surface area (Å²) in [6.07, 6.45) is 2.53. The van der Waals surface area contributed by atoms with Gasteiger partial charge in [0.1, 0.15) is 0 Å².